The van der Waals surface area contributed by atoms with E-state index in [2.05, 4.69) is 10.3 Å². The predicted molar refractivity (Wildman–Crippen MR) is 54.0 cm³/mol. The minimum absolute atomic E-state index is 0.0336. The van der Waals surface area contributed by atoms with Crippen LogP contribution >= 0.6 is 11.3 Å². The smallest absolute Gasteiger partial charge is 0.306 e. The molecule has 0 bridgehead atoms. The van der Waals surface area contributed by atoms with E-state index in [4.69, 9.17) is 0 Å². The molecule has 1 rings (SSSR count). The van der Waals surface area contributed by atoms with Crippen LogP contribution in [-0.2, 0) is 6.42 Å². The second-order valence-electron chi connectivity index (χ2n) is 3.22. The molecule has 0 saturated carbocycles. The molecule has 1 aromatic rings. The number of rotatable bonds is 5. The van der Waals surface area contributed by atoms with E-state index in [0.717, 1.165) is 0 Å². The molecule has 0 fully saturated rings. The SMILES string of the molecule is CCCNC(Cc1cncs1)C(F)(F)F. The molecule has 1 unspecified atom stereocenters. The third-order valence-corrected chi connectivity index (χ3v) is 2.73. The van der Waals surface area contributed by atoms with E-state index in [0.29, 0.717) is 17.8 Å². The monoisotopic (exact) mass is 238 g/mol. The fourth-order valence-electron chi connectivity index (χ4n) is 1.17. The second kappa shape index (κ2) is 5.46. The maximum Gasteiger partial charge on any atom is 0.404 e. The van der Waals surface area contributed by atoms with Gasteiger partial charge in [0.05, 0.1) is 5.51 Å². The Labute approximate surface area is 90.5 Å². The van der Waals surface area contributed by atoms with Crippen molar-refractivity contribution in [2.75, 3.05) is 6.54 Å². The van der Waals surface area contributed by atoms with E-state index in [1.54, 1.807) is 5.51 Å². The van der Waals surface area contributed by atoms with Gasteiger partial charge >= 0.3 is 6.18 Å². The number of hydrogen-bond acceptors (Lipinski definition) is 3. The van der Waals surface area contributed by atoms with Crippen LogP contribution in [0, 0.1) is 0 Å². The summed E-state index contributed by atoms with van der Waals surface area (Å²) < 4.78 is 37.7. The number of aromatic nitrogens is 1. The lowest BCUT2D eigenvalue weighted by molar-refractivity contribution is -0.155. The van der Waals surface area contributed by atoms with Gasteiger partial charge < -0.3 is 5.32 Å². The molecule has 0 aliphatic carbocycles. The number of nitrogens with zero attached hydrogens (tertiary/aromatic N) is 1. The van der Waals surface area contributed by atoms with Crippen LogP contribution < -0.4 is 5.32 Å². The first-order valence-corrected chi connectivity index (χ1v) is 5.59. The molecule has 0 saturated heterocycles. The van der Waals surface area contributed by atoms with Gasteiger partial charge in [0.2, 0.25) is 0 Å². The Morgan fingerprint density at radius 2 is 2.27 bits per heavy atom. The third-order valence-electron chi connectivity index (χ3n) is 1.92. The van der Waals surface area contributed by atoms with Crippen LogP contribution in [0.4, 0.5) is 13.2 Å². The van der Waals surface area contributed by atoms with Crippen molar-refractivity contribution in [3.05, 3.63) is 16.6 Å². The molecule has 1 aromatic heterocycles. The highest BCUT2D eigenvalue weighted by molar-refractivity contribution is 7.09. The molecule has 1 heterocycles. The van der Waals surface area contributed by atoms with Gasteiger partial charge in [0.15, 0.2) is 0 Å². The summed E-state index contributed by atoms with van der Waals surface area (Å²) in [5.41, 5.74) is 1.54. The first-order chi connectivity index (χ1) is 7.04. The average Bonchev–Trinajstić information content (AvgIpc) is 2.62. The summed E-state index contributed by atoms with van der Waals surface area (Å²) >= 11 is 1.25. The summed E-state index contributed by atoms with van der Waals surface area (Å²) in [6, 6.07) is -1.46. The highest BCUT2D eigenvalue weighted by Crippen LogP contribution is 2.24. The topological polar surface area (TPSA) is 24.9 Å². The molecule has 86 valence electrons. The van der Waals surface area contributed by atoms with E-state index < -0.39 is 12.2 Å². The van der Waals surface area contributed by atoms with E-state index in [1.165, 1.54) is 17.5 Å². The van der Waals surface area contributed by atoms with Crippen LogP contribution in [0.1, 0.15) is 18.2 Å². The van der Waals surface area contributed by atoms with Gasteiger partial charge in [-0.2, -0.15) is 13.2 Å². The highest BCUT2D eigenvalue weighted by Gasteiger charge is 2.39. The van der Waals surface area contributed by atoms with Crippen molar-refractivity contribution in [2.45, 2.75) is 32.0 Å². The van der Waals surface area contributed by atoms with Crippen LogP contribution in [0.5, 0.6) is 0 Å². The number of hydrogen-bond donors (Lipinski definition) is 1. The molecule has 2 nitrogen and oxygen atoms in total. The third kappa shape index (κ3) is 4.17. The molecule has 0 amide bonds. The Morgan fingerprint density at radius 1 is 1.53 bits per heavy atom. The van der Waals surface area contributed by atoms with Crippen LogP contribution in [0.3, 0.4) is 0 Å². The Kier molecular flexibility index (Phi) is 4.53. The zero-order chi connectivity index (χ0) is 11.3. The zero-order valence-electron chi connectivity index (χ0n) is 8.34. The van der Waals surface area contributed by atoms with Crippen LogP contribution in [-0.4, -0.2) is 23.7 Å². The molecular formula is C9H13F3N2S. The van der Waals surface area contributed by atoms with Gasteiger partial charge in [-0.3, -0.25) is 4.98 Å². The summed E-state index contributed by atoms with van der Waals surface area (Å²) in [6.45, 7) is 2.22. The Balaban J connectivity index is 2.57. The first-order valence-electron chi connectivity index (χ1n) is 4.71. The van der Waals surface area contributed by atoms with E-state index >= 15 is 0 Å². The normalized spacial score (nSPS) is 14.1. The van der Waals surface area contributed by atoms with Crippen molar-refractivity contribution >= 4 is 11.3 Å². The predicted octanol–water partition coefficient (Wildman–Crippen LogP) is 2.62. The van der Waals surface area contributed by atoms with Crippen LogP contribution in [0.25, 0.3) is 0 Å². The molecule has 0 radical (unpaired) electrons. The molecule has 1 atom stereocenters. The molecule has 1 N–H and O–H groups in total. The molecule has 15 heavy (non-hydrogen) atoms. The molecule has 0 aliphatic rings. The van der Waals surface area contributed by atoms with Crippen molar-refractivity contribution in [2.24, 2.45) is 0 Å². The lowest BCUT2D eigenvalue weighted by atomic mass is 10.2. The largest absolute Gasteiger partial charge is 0.404 e. The minimum atomic E-state index is -4.20. The number of thiazole rings is 1. The van der Waals surface area contributed by atoms with Crippen LogP contribution in [0.15, 0.2) is 11.7 Å². The Bertz CT molecular complexity index is 271. The van der Waals surface area contributed by atoms with Crippen molar-refractivity contribution in [3.63, 3.8) is 0 Å². The molecular weight excluding hydrogens is 225 g/mol. The van der Waals surface area contributed by atoms with Crippen molar-refractivity contribution in [3.8, 4) is 0 Å². The van der Waals surface area contributed by atoms with E-state index in [1.807, 2.05) is 6.92 Å². The van der Waals surface area contributed by atoms with Crippen molar-refractivity contribution in [1.29, 1.82) is 0 Å². The minimum Gasteiger partial charge on any atom is -0.306 e. The molecule has 6 heteroatoms. The highest BCUT2D eigenvalue weighted by atomic mass is 32.1. The Morgan fingerprint density at radius 3 is 2.73 bits per heavy atom. The first kappa shape index (κ1) is 12.4. The molecule has 0 spiro atoms. The van der Waals surface area contributed by atoms with E-state index in [9.17, 15) is 13.2 Å². The zero-order valence-corrected chi connectivity index (χ0v) is 9.16. The standard InChI is InChI=1S/C9H13F3N2S/c1-2-3-14-8(9(10,11)12)4-7-5-13-6-15-7/h5-6,8,14H,2-4H2,1H3. The van der Waals surface area contributed by atoms with Gasteiger partial charge in [0.1, 0.15) is 6.04 Å². The number of alkyl halides is 3. The summed E-state index contributed by atoms with van der Waals surface area (Å²) in [7, 11) is 0. The fraction of sp³-hybridized carbons (Fsp3) is 0.667. The number of nitrogens with one attached hydrogen (secondary N) is 1. The van der Waals surface area contributed by atoms with Gasteiger partial charge in [-0.05, 0) is 13.0 Å². The maximum atomic E-state index is 12.6. The summed E-state index contributed by atoms with van der Waals surface area (Å²) in [5.74, 6) is 0. The van der Waals surface area contributed by atoms with E-state index in [-0.39, 0.29) is 6.42 Å². The lowest BCUT2D eigenvalue weighted by Crippen LogP contribution is -2.44. The number of halogens is 3. The van der Waals surface area contributed by atoms with Crippen LogP contribution in [0.2, 0.25) is 0 Å². The molecule has 0 aromatic carbocycles. The quantitative estimate of drug-likeness (QED) is 0.853. The fourth-order valence-corrected chi connectivity index (χ4v) is 1.81. The van der Waals surface area contributed by atoms with Gasteiger partial charge in [-0.25, -0.2) is 0 Å². The second-order valence-corrected chi connectivity index (χ2v) is 4.19. The Hall–Kier alpha value is -0.620. The van der Waals surface area contributed by atoms with Gasteiger partial charge in [-0.15, -0.1) is 11.3 Å². The van der Waals surface area contributed by atoms with Crippen molar-refractivity contribution < 1.29 is 13.2 Å². The molecule has 0 aliphatic heterocycles. The summed E-state index contributed by atoms with van der Waals surface area (Å²) in [5, 5.41) is 2.50. The van der Waals surface area contributed by atoms with Gasteiger partial charge in [0.25, 0.3) is 0 Å². The summed E-state index contributed by atoms with van der Waals surface area (Å²) in [4.78, 5) is 4.41. The summed E-state index contributed by atoms with van der Waals surface area (Å²) in [6.07, 6.45) is -2.06. The van der Waals surface area contributed by atoms with Gasteiger partial charge in [0, 0.05) is 17.5 Å². The van der Waals surface area contributed by atoms with Gasteiger partial charge in [-0.1, -0.05) is 6.92 Å². The lowest BCUT2D eigenvalue weighted by Gasteiger charge is -2.20. The maximum absolute atomic E-state index is 12.6. The van der Waals surface area contributed by atoms with Crippen molar-refractivity contribution in [1.82, 2.24) is 10.3 Å². The average molecular weight is 238 g/mol.